The molecule has 1 aliphatic rings. The zero-order valence-electron chi connectivity index (χ0n) is 9.05. The van der Waals surface area contributed by atoms with Crippen LogP contribution in [-0.2, 0) is 6.54 Å². The van der Waals surface area contributed by atoms with E-state index in [4.69, 9.17) is 5.11 Å². The molecule has 2 rings (SSSR count). The summed E-state index contributed by atoms with van der Waals surface area (Å²) in [6.45, 7) is 2.50. The Morgan fingerprint density at radius 2 is 1.62 bits per heavy atom. The number of nitrogens with zero attached hydrogens (tertiary/aromatic N) is 1. The largest absolute Gasteiger partial charge is 0.503 e. The van der Waals surface area contributed by atoms with E-state index >= 15 is 0 Å². The Kier molecular flexibility index (Phi) is 3.39. The lowest BCUT2D eigenvalue weighted by molar-refractivity contribution is 0.220. The van der Waals surface area contributed by atoms with Crippen LogP contribution in [0.3, 0.4) is 0 Å². The van der Waals surface area contributed by atoms with Gasteiger partial charge in [-0.15, -0.1) is 0 Å². The van der Waals surface area contributed by atoms with Gasteiger partial charge in [-0.25, -0.2) is 8.78 Å². The second kappa shape index (κ2) is 4.78. The standard InChI is InChI=1S/C12H15F2NO/c13-10-6-9(7-11(14)12(10)16)8-15-4-2-1-3-5-15/h6-7,16H,1-5,8H2. The highest BCUT2D eigenvalue weighted by Gasteiger charge is 2.14. The summed E-state index contributed by atoms with van der Waals surface area (Å²) >= 11 is 0. The van der Waals surface area contributed by atoms with Crippen molar-refractivity contribution in [2.75, 3.05) is 13.1 Å². The third kappa shape index (κ3) is 2.50. The molecule has 2 nitrogen and oxygen atoms in total. The third-order valence-corrected chi connectivity index (χ3v) is 2.93. The number of benzene rings is 1. The molecule has 0 atom stereocenters. The number of aromatic hydroxyl groups is 1. The Balaban J connectivity index is 2.09. The monoisotopic (exact) mass is 227 g/mol. The predicted octanol–water partition coefficient (Wildman–Crippen LogP) is 2.66. The Morgan fingerprint density at radius 1 is 1.06 bits per heavy atom. The van der Waals surface area contributed by atoms with E-state index in [1.54, 1.807) is 0 Å². The molecule has 1 fully saturated rings. The molecular formula is C12H15F2NO. The summed E-state index contributed by atoms with van der Waals surface area (Å²) in [5.41, 5.74) is 0.578. The molecule has 1 aromatic carbocycles. The molecule has 0 aromatic heterocycles. The maximum Gasteiger partial charge on any atom is 0.187 e. The first-order chi connectivity index (χ1) is 7.66. The van der Waals surface area contributed by atoms with Crippen molar-refractivity contribution in [3.63, 3.8) is 0 Å². The van der Waals surface area contributed by atoms with Crippen molar-refractivity contribution in [1.29, 1.82) is 0 Å². The summed E-state index contributed by atoms with van der Waals surface area (Å²) in [5.74, 6) is -2.65. The molecule has 16 heavy (non-hydrogen) atoms. The number of rotatable bonds is 2. The minimum absolute atomic E-state index is 0.550. The molecule has 0 amide bonds. The Hall–Kier alpha value is -1.16. The summed E-state index contributed by atoms with van der Waals surface area (Å²) in [7, 11) is 0. The summed E-state index contributed by atoms with van der Waals surface area (Å²) < 4.78 is 26.2. The highest BCUT2D eigenvalue weighted by atomic mass is 19.1. The van der Waals surface area contributed by atoms with Crippen LogP contribution in [0.15, 0.2) is 12.1 Å². The summed E-state index contributed by atoms with van der Waals surface area (Å²) in [6.07, 6.45) is 3.51. The van der Waals surface area contributed by atoms with Crippen LogP contribution in [0.2, 0.25) is 0 Å². The number of likely N-dealkylation sites (tertiary alicyclic amines) is 1. The van der Waals surface area contributed by atoms with Gasteiger partial charge in [0, 0.05) is 6.54 Å². The molecule has 0 saturated carbocycles. The Labute approximate surface area is 93.5 Å². The second-order valence-electron chi connectivity index (χ2n) is 4.24. The summed E-state index contributed by atoms with van der Waals surface area (Å²) in [4.78, 5) is 2.18. The van der Waals surface area contributed by atoms with Gasteiger partial charge in [0.25, 0.3) is 0 Å². The van der Waals surface area contributed by atoms with Crippen molar-refractivity contribution in [3.8, 4) is 5.75 Å². The molecule has 0 spiro atoms. The van der Waals surface area contributed by atoms with Crippen molar-refractivity contribution < 1.29 is 13.9 Å². The van der Waals surface area contributed by atoms with Gasteiger partial charge in [-0.2, -0.15) is 0 Å². The maximum atomic E-state index is 13.1. The van der Waals surface area contributed by atoms with E-state index in [0.717, 1.165) is 25.9 Å². The predicted molar refractivity (Wildman–Crippen MR) is 57.2 cm³/mol. The van der Waals surface area contributed by atoms with Crippen LogP contribution in [-0.4, -0.2) is 23.1 Å². The third-order valence-electron chi connectivity index (χ3n) is 2.93. The Bertz CT molecular complexity index is 352. The molecule has 1 aliphatic heterocycles. The number of halogens is 2. The van der Waals surface area contributed by atoms with Gasteiger partial charge in [-0.1, -0.05) is 6.42 Å². The number of phenolic OH excluding ortho intramolecular Hbond substituents is 1. The van der Waals surface area contributed by atoms with Crippen molar-refractivity contribution in [2.45, 2.75) is 25.8 Å². The molecule has 0 radical (unpaired) electrons. The second-order valence-corrected chi connectivity index (χ2v) is 4.24. The average molecular weight is 227 g/mol. The van der Waals surface area contributed by atoms with Crippen LogP contribution < -0.4 is 0 Å². The van der Waals surface area contributed by atoms with E-state index in [2.05, 4.69) is 4.90 Å². The smallest absolute Gasteiger partial charge is 0.187 e. The highest BCUT2D eigenvalue weighted by molar-refractivity contribution is 5.30. The lowest BCUT2D eigenvalue weighted by Crippen LogP contribution is -2.29. The molecule has 1 saturated heterocycles. The molecular weight excluding hydrogens is 212 g/mol. The fourth-order valence-corrected chi connectivity index (χ4v) is 2.09. The van der Waals surface area contributed by atoms with E-state index in [1.807, 2.05) is 0 Å². The van der Waals surface area contributed by atoms with Crippen LogP contribution in [0.1, 0.15) is 24.8 Å². The van der Waals surface area contributed by atoms with Crippen LogP contribution in [0, 0.1) is 11.6 Å². The maximum absolute atomic E-state index is 13.1. The Morgan fingerprint density at radius 3 is 2.19 bits per heavy atom. The molecule has 0 bridgehead atoms. The number of piperidine rings is 1. The number of hydrogen-bond acceptors (Lipinski definition) is 2. The van der Waals surface area contributed by atoms with Gasteiger partial charge in [-0.05, 0) is 43.6 Å². The SMILES string of the molecule is Oc1c(F)cc(CN2CCCCC2)cc1F. The zero-order valence-corrected chi connectivity index (χ0v) is 9.05. The summed E-state index contributed by atoms with van der Waals surface area (Å²) in [6, 6.07) is 2.40. The molecule has 0 unspecified atom stereocenters. The van der Waals surface area contributed by atoms with Gasteiger partial charge in [0.15, 0.2) is 17.4 Å². The van der Waals surface area contributed by atoms with Gasteiger partial charge < -0.3 is 5.11 Å². The van der Waals surface area contributed by atoms with E-state index in [-0.39, 0.29) is 0 Å². The van der Waals surface area contributed by atoms with E-state index in [1.165, 1.54) is 18.6 Å². The van der Waals surface area contributed by atoms with Crippen molar-refractivity contribution in [3.05, 3.63) is 29.3 Å². The van der Waals surface area contributed by atoms with Crippen LogP contribution in [0.4, 0.5) is 8.78 Å². The fourth-order valence-electron chi connectivity index (χ4n) is 2.09. The molecule has 1 N–H and O–H groups in total. The zero-order chi connectivity index (χ0) is 11.5. The van der Waals surface area contributed by atoms with Gasteiger partial charge in [0.1, 0.15) is 0 Å². The van der Waals surface area contributed by atoms with Crippen molar-refractivity contribution >= 4 is 0 Å². The van der Waals surface area contributed by atoms with Crippen LogP contribution >= 0.6 is 0 Å². The lowest BCUT2D eigenvalue weighted by atomic mass is 10.1. The number of phenols is 1. The molecule has 1 heterocycles. The van der Waals surface area contributed by atoms with E-state index < -0.39 is 17.4 Å². The summed E-state index contributed by atoms with van der Waals surface area (Å²) in [5, 5.41) is 8.97. The molecule has 88 valence electrons. The van der Waals surface area contributed by atoms with E-state index in [9.17, 15) is 8.78 Å². The van der Waals surface area contributed by atoms with Gasteiger partial charge in [0.05, 0.1) is 0 Å². The highest BCUT2D eigenvalue weighted by Crippen LogP contribution is 2.22. The van der Waals surface area contributed by atoms with Crippen LogP contribution in [0.25, 0.3) is 0 Å². The molecule has 1 aromatic rings. The first-order valence-electron chi connectivity index (χ1n) is 5.56. The van der Waals surface area contributed by atoms with Gasteiger partial charge in [0.2, 0.25) is 0 Å². The molecule has 0 aliphatic carbocycles. The van der Waals surface area contributed by atoms with Crippen molar-refractivity contribution in [2.24, 2.45) is 0 Å². The first kappa shape index (κ1) is 11.3. The minimum Gasteiger partial charge on any atom is -0.503 e. The van der Waals surface area contributed by atoms with Crippen molar-refractivity contribution in [1.82, 2.24) is 4.90 Å². The average Bonchev–Trinajstić information content (AvgIpc) is 2.27. The topological polar surface area (TPSA) is 23.5 Å². The van der Waals surface area contributed by atoms with Crippen LogP contribution in [0.5, 0.6) is 5.75 Å². The molecule has 4 heteroatoms. The number of hydrogen-bond donors (Lipinski definition) is 1. The van der Waals surface area contributed by atoms with Gasteiger partial charge in [-0.3, -0.25) is 4.90 Å². The minimum atomic E-state index is -0.887. The lowest BCUT2D eigenvalue weighted by Gasteiger charge is -2.26. The quantitative estimate of drug-likeness (QED) is 0.839. The fraction of sp³-hybridized carbons (Fsp3) is 0.500. The first-order valence-corrected chi connectivity index (χ1v) is 5.56. The normalized spacial score (nSPS) is 17.6. The van der Waals surface area contributed by atoms with E-state index in [0.29, 0.717) is 12.1 Å². The van der Waals surface area contributed by atoms with Gasteiger partial charge >= 0.3 is 0 Å².